The molecule has 0 radical (unpaired) electrons. The van der Waals surface area contributed by atoms with Crippen molar-refractivity contribution >= 4 is 90.5 Å². The van der Waals surface area contributed by atoms with Gasteiger partial charge in [-0.1, -0.05) is 0 Å². The van der Waals surface area contributed by atoms with Gasteiger partial charge in [0.05, 0.1) is 0 Å². The van der Waals surface area contributed by atoms with Gasteiger partial charge in [0.25, 0.3) is 0 Å². The molecular weight excluding hydrogens is 252 g/mol. The Labute approximate surface area is 122 Å². The zero-order chi connectivity index (χ0) is 3.58. The van der Waals surface area contributed by atoms with Crippen LogP contribution in [-0.2, 0) is 19.5 Å². The molecule has 0 unspecified atom stereocenters. The zero-order valence-electron chi connectivity index (χ0n) is 2.63. The summed E-state index contributed by atoms with van der Waals surface area (Å²) in [6, 6.07) is 0. The summed E-state index contributed by atoms with van der Waals surface area (Å²) in [4.78, 5) is 0. The van der Waals surface area contributed by atoms with Crippen molar-refractivity contribution in [2.24, 2.45) is 0 Å². The van der Waals surface area contributed by atoms with Crippen LogP contribution in [0.4, 0.5) is 0 Å². The van der Waals surface area contributed by atoms with Gasteiger partial charge < -0.3 is 15.1 Å². The standard InChI is InChI=1S/BH3O3.Ca.Sr.Zn.4H/c2-1(3)4;;;;;;;/h2-4H;;;;;;;. The van der Waals surface area contributed by atoms with Crippen LogP contribution in [0.15, 0.2) is 0 Å². The Hall–Kier alpha value is 3.31. The van der Waals surface area contributed by atoms with E-state index in [0.29, 0.717) is 0 Å². The van der Waals surface area contributed by atoms with E-state index in [1.54, 1.807) is 0 Å². The maximum absolute atomic E-state index is 7.17. The van der Waals surface area contributed by atoms with E-state index < -0.39 is 7.32 Å². The molecule has 0 heterocycles. The third-order valence-electron chi connectivity index (χ3n) is 0. The van der Waals surface area contributed by atoms with Gasteiger partial charge in [-0.25, -0.2) is 0 Å². The molecule has 0 aromatic heterocycles. The molecule has 0 rings (SSSR count). The predicted octanol–water partition coefficient (Wildman–Crippen LogP) is -3.89. The van der Waals surface area contributed by atoms with E-state index in [1.165, 1.54) is 0 Å². The Morgan fingerprint density at radius 2 is 1.00 bits per heavy atom. The second-order valence-electron chi connectivity index (χ2n) is 0.346. The van der Waals surface area contributed by atoms with Crippen molar-refractivity contribution in [1.82, 2.24) is 0 Å². The van der Waals surface area contributed by atoms with E-state index in [2.05, 4.69) is 0 Å². The average molecular weight is 259 g/mol. The van der Waals surface area contributed by atoms with Crippen molar-refractivity contribution < 1.29 is 34.6 Å². The minimum atomic E-state index is -2.17. The molecule has 0 bridgehead atoms. The molecule has 0 fully saturated rings. The van der Waals surface area contributed by atoms with Gasteiger partial charge in [-0.3, -0.25) is 0 Å². The summed E-state index contributed by atoms with van der Waals surface area (Å²) in [5, 5.41) is 21.5. The second kappa shape index (κ2) is 16.1. The first kappa shape index (κ1) is 22.4. The first-order chi connectivity index (χ1) is 1.73. The molecule has 0 amide bonds. The van der Waals surface area contributed by atoms with E-state index in [4.69, 9.17) is 15.1 Å². The number of rotatable bonds is 0. The minimum Gasteiger partial charge on any atom is 0 e. The molecule has 0 aliphatic carbocycles. The van der Waals surface area contributed by atoms with Crippen molar-refractivity contribution in [1.29, 1.82) is 0 Å². The third-order valence-corrected chi connectivity index (χ3v) is 0. The molecule has 7 heteroatoms. The van der Waals surface area contributed by atoms with Gasteiger partial charge in [0, 0.05) is 19.5 Å². The molecule has 3 N–H and O–H groups in total. The molecular formula is H7BCaO3SrZn. The molecule has 34 valence electrons. The number of hydrogen-bond acceptors (Lipinski definition) is 3. The van der Waals surface area contributed by atoms with E-state index in [1.807, 2.05) is 0 Å². The second-order valence-corrected chi connectivity index (χ2v) is 0.346. The van der Waals surface area contributed by atoms with E-state index in [9.17, 15) is 0 Å². The van der Waals surface area contributed by atoms with Gasteiger partial charge in [-0.15, -0.1) is 0 Å². The monoisotopic (exact) mass is 258 g/mol. The van der Waals surface area contributed by atoms with Crippen molar-refractivity contribution in [2.75, 3.05) is 0 Å². The third kappa shape index (κ3) is 45.4. The Balaban J connectivity index is -0.0000000150. The van der Waals surface area contributed by atoms with Gasteiger partial charge in [-0.05, 0) is 0 Å². The molecule has 0 aromatic rings. The van der Waals surface area contributed by atoms with Crippen LogP contribution in [0.2, 0.25) is 0 Å². The SMILES string of the molecule is OB(O)O.[CaH2].[SrH2].[Zn]. The fourth-order valence-corrected chi connectivity index (χ4v) is 0. The predicted molar refractivity (Wildman–Crippen MR) is 29.5 cm³/mol. The zero-order valence-corrected chi connectivity index (χ0v) is 5.59. The van der Waals surface area contributed by atoms with Crippen LogP contribution >= 0.6 is 0 Å². The molecule has 0 spiro atoms. The van der Waals surface area contributed by atoms with E-state index in [0.717, 1.165) is 0 Å². The first-order valence-electron chi connectivity index (χ1n) is 0.775. The quantitative estimate of drug-likeness (QED) is 0.390. The van der Waals surface area contributed by atoms with E-state index in [-0.39, 0.29) is 103 Å². The van der Waals surface area contributed by atoms with Crippen LogP contribution in [-0.4, -0.2) is 106 Å². The smallest absolute Gasteiger partial charge is 0 e. The van der Waals surface area contributed by atoms with Gasteiger partial charge in [0.15, 0.2) is 0 Å². The summed E-state index contributed by atoms with van der Waals surface area (Å²) in [7, 11) is -2.17. The van der Waals surface area contributed by atoms with Crippen molar-refractivity contribution in [3.8, 4) is 0 Å². The minimum absolute atomic E-state index is 0. The summed E-state index contributed by atoms with van der Waals surface area (Å²) in [5.41, 5.74) is 0. The summed E-state index contributed by atoms with van der Waals surface area (Å²) in [6.45, 7) is 0. The summed E-state index contributed by atoms with van der Waals surface area (Å²) >= 11 is 0. The first-order valence-corrected chi connectivity index (χ1v) is 0.775. The summed E-state index contributed by atoms with van der Waals surface area (Å²) < 4.78 is 0. The van der Waals surface area contributed by atoms with Gasteiger partial charge in [0.2, 0.25) is 0 Å². The number of hydrogen-bond donors (Lipinski definition) is 3. The molecule has 0 atom stereocenters. The molecule has 0 saturated heterocycles. The van der Waals surface area contributed by atoms with Crippen molar-refractivity contribution in [3.05, 3.63) is 0 Å². The van der Waals surface area contributed by atoms with Crippen LogP contribution in [0.25, 0.3) is 0 Å². The van der Waals surface area contributed by atoms with Gasteiger partial charge in [-0.2, -0.15) is 0 Å². The Morgan fingerprint density at radius 1 is 1.00 bits per heavy atom. The molecule has 3 nitrogen and oxygen atoms in total. The Bertz CT molecular complexity index is 19.7. The Morgan fingerprint density at radius 3 is 1.00 bits per heavy atom. The van der Waals surface area contributed by atoms with Gasteiger partial charge in [0.1, 0.15) is 0 Å². The summed E-state index contributed by atoms with van der Waals surface area (Å²) in [5.74, 6) is 0. The topological polar surface area (TPSA) is 60.7 Å². The van der Waals surface area contributed by atoms with Crippen LogP contribution in [0, 0.1) is 0 Å². The Kier molecular flexibility index (Phi) is 51.8. The maximum atomic E-state index is 7.17. The molecule has 0 aromatic carbocycles. The normalized spacial score (nSPS) is 3.86. The average Bonchev–Trinajstić information content (AvgIpc) is 0.811. The fraction of sp³-hybridized carbons (Fsp3) is 0. The molecule has 0 saturated carbocycles. The molecule has 0 aliphatic rings. The maximum Gasteiger partial charge on any atom is 0 e. The molecule has 7 heavy (non-hydrogen) atoms. The fourth-order valence-electron chi connectivity index (χ4n) is 0. The van der Waals surface area contributed by atoms with Crippen molar-refractivity contribution in [2.45, 2.75) is 0 Å². The largest absolute Gasteiger partial charge is 0 e. The molecule has 0 aliphatic heterocycles. The van der Waals surface area contributed by atoms with Crippen LogP contribution in [0.3, 0.4) is 0 Å². The van der Waals surface area contributed by atoms with Crippen LogP contribution in [0.1, 0.15) is 0 Å². The van der Waals surface area contributed by atoms with Crippen LogP contribution in [0.5, 0.6) is 0 Å². The summed E-state index contributed by atoms with van der Waals surface area (Å²) in [6.07, 6.45) is 0. The van der Waals surface area contributed by atoms with Crippen molar-refractivity contribution in [3.63, 3.8) is 0 Å². The van der Waals surface area contributed by atoms with Crippen LogP contribution < -0.4 is 0 Å². The van der Waals surface area contributed by atoms with E-state index >= 15 is 0 Å². The van der Waals surface area contributed by atoms with Gasteiger partial charge >= 0.3 is 90.5 Å².